The number of rotatable bonds is 4. The maximum absolute atomic E-state index is 11.9. The van der Waals surface area contributed by atoms with Gasteiger partial charge in [0.1, 0.15) is 0 Å². The molecule has 0 aromatic heterocycles. The third kappa shape index (κ3) is 3.71. The van der Waals surface area contributed by atoms with Crippen molar-refractivity contribution in [2.24, 2.45) is 0 Å². The zero-order valence-corrected chi connectivity index (χ0v) is 10.5. The fourth-order valence-corrected chi connectivity index (χ4v) is 2.44. The van der Waals surface area contributed by atoms with E-state index in [1.807, 2.05) is 0 Å². The average molecular weight is 254 g/mol. The Balaban J connectivity index is 2.86. The van der Waals surface area contributed by atoms with Crippen molar-refractivity contribution in [1.82, 2.24) is 0 Å². The SMILES string of the molecule is COC(=O)/C(C)=C/CS(=O)(=O)c1ccccc1. The van der Waals surface area contributed by atoms with Gasteiger partial charge in [0.05, 0.1) is 17.8 Å². The highest BCUT2D eigenvalue weighted by Crippen LogP contribution is 2.11. The molecule has 0 radical (unpaired) electrons. The van der Waals surface area contributed by atoms with E-state index in [4.69, 9.17) is 0 Å². The molecule has 0 saturated carbocycles. The molecule has 0 fully saturated rings. The first kappa shape index (κ1) is 13.4. The number of carbonyl (C=O) groups excluding carboxylic acids is 1. The molecule has 1 aromatic rings. The molecule has 0 heterocycles. The number of methoxy groups -OCH3 is 1. The molecule has 1 rings (SSSR count). The van der Waals surface area contributed by atoms with E-state index in [9.17, 15) is 13.2 Å². The Kier molecular flexibility index (Phi) is 4.45. The fraction of sp³-hybridized carbons (Fsp3) is 0.250. The van der Waals surface area contributed by atoms with Crippen molar-refractivity contribution < 1.29 is 17.9 Å². The molecule has 1 aromatic carbocycles. The summed E-state index contributed by atoms with van der Waals surface area (Å²) < 4.78 is 28.2. The van der Waals surface area contributed by atoms with Gasteiger partial charge in [-0.3, -0.25) is 0 Å². The van der Waals surface area contributed by atoms with Crippen molar-refractivity contribution in [2.45, 2.75) is 11.8 Å². The minimum Gasteiger partial charge on any atom is -0.466 e. The highest BCUT2D eigenvalue weighted by molar-refractivity contribution is 7.91. The van der Waals surface area contributed by atoms with Crippen molar-refractivity contribution in [3.8, 4) is 0 Å². The number of ether oxygens (including phenoxy) is 1. The highest BCUT2D eigenvalue weighted by Gasteiger charge is 2.13. The smallest absolute Gasteiger partial charge is 0.333 e. The molecule has 0 spiro atoms. The van der Waals surface area contributed by atoms with Gasteiger partial charge in [0, 0.05) is 5.57 Å². The van der Waals surface area contributed by atoms with Crippen LogP contribution in [0.15, 0.2) is 46.9 Å². The number of esters is 1. The van der Waals surface area contributed by atoms with E-state index < -0.39 is 15.8 Å². The predicted octanol–water partition coefficient (Wildman–Crippen LogP) is 1.58. The maximum atomic E-state index is 11.9. The van der Waals surface area contributed by atoms with Crippen LogP contribution in [-0.4, -0.2) is 27.2 Å². The van der Waals surface area contributed by atoms with E-state index in [-0.39, 0.29) is 16.2 Å². The molecule has 0 N–H and O–H groups in total. The molecular weight excluding hydrogens is 240 g/mol. The van der Waals surface area contributed by atoms with Crippen molar-refractivity contribution in [1.29, 1.82) is 0 Å². The quantitative estimate of drug-likeness (QED) is 0.604. The van der Waals surface area contributed by atoms with Crippen LogP contribution >= 0.6 is 0 Å². The first-order valence-electron chi connectivity index (χ1n) is 5.00. The van der Waals surface area contributed by atoms with Crippen LogP contribution in [-0.2, 0) is 19.4 Å². The summed E-state index contributed by atoms with van der Waals surface area (Å²) in [6.07, 6.45) is 1.36. The molecular formula is C12H14O4S. The lowest BCUT2D eigenvalue weighted by molar-refractivity contribution is -0.136. The van der Waals surface area contributed by atoms with Crippen molar-refractivity contribution >= 4 is 15.8 Å². The van der Waals surface area contributed by atoms with E-state index in [1.54, 1.807) is 18.2 Å². The lowest BCUT2D eigenvalue weighted by Crippen LogP contribution is -2.08. The summed E-state index contributed by atoms with van der Waals surface area (Å²) in [7, 11) is -2.13. The summed E-state index contributed by atoms with van der Waals surface area (Å²) in [6.45, 7) is 1.52. The second-order valence-corrected chi connectivity index (χ2v) is 5.51. The van der Waals surface area contributed by atoms with Crippen molar-refractivity contribution in [3.05, 3.63) is 42.0 Å². The minimum atomic E-state index is -3.38. The van der Waals surface area contributed by atoms with Crippen LogP contribution in [0.1, 0.15) is 6.92 Å². The lowest BCUT2D eigenvalue weighted by Gasteiger charge is -2.02. The lowest BCUT2D eigenvalue weighted by atomic mass is 10.3. The summed E-state index contributed by atoms with van der Waals surface area (Å²) in [4.78, 5) is 11.3. The minimum absolute atomic E-state index is 0.210. The summed E-state index contributed by atoms with van der Waals surface area (Å²) in [6, 6.07) is 8.11. The molecule has 17 heavy (non-hydrogen) atoms. The van der Waals surface area contributed by atoms with Gasteiger partial charge in [-0.25, -0.2) is 13.2 Å². The van der Waals surface area contributed by atoms with Gasteiger partial charge in [-0.1, -0.05) is 24.3 Å². The molecule has 0 unspecified atom stereocenters. The summed E-state index contributed by atoms with van der Waals surface area (Å²) in [5.41, 5.74) is 0.284. The standard InChI is InChI=1S/C12H14O4S/c1-10(12(13)16-2)8-9-17(14,15)11-6-4-3-5-7-11/h3-8H,9H2,1-2H3/b10-8+. The van der Waals surface area contributed by atoms with Gasteiger partial charge in [-0.05, 0) is 19.1 Å². The van der Waals surface area contributed by atoms with E-state index in [0.29, 0.717) is 0 Å². The van der Waals surface area contributed by atoms with Gasteiger partial charge in [0.25, 0.3) is 0 Å². The van der Waals surface area contributed by atoms with Gasteiger partial charge < -0.3 is 4.74 Å². The molecule has 0 aliphatic carbocycles. The highest BCUT2D eigenvalue weighted by atomic mass is 32.2. The topological polar surface area (TPSA) is 60.4 Å². The Morgan fingerprint density at radius 2 is 1.88 bits per heavy atom. The normalized spacial score (nSPS) is 12.2. The number of hydrogen-bond donors (Lipinski definition) is 0. The van der Waals surface area contributed by atoms with Crippen LogP contribution in [0.2, 0.25) is 0 Å². The Morgan fingerprint density at radius 1 is 1.29 bits per heavy atom. The Bertz CT molecular complexity index is 515. The Morgan fingerprint density at radius 3 is 2.41 bits per heavy atom. The van der Waals surface area contributed by atoms with Crippen LogP contribution in [0, 0.1) is 0 Å². The molecule has 0 atom stereocenters. The third-order valence-electron chi connectivity index (χ3n) is 2.22. The molecule has 92 valence electrons. The molecule has 4 nitrogen and oxygen atoms in total. The molecule has 0 aliphatic heterocycles. The summed E-state index contributed by atoms with van der Waals surface area (Å²) in [5.74, 6) is -0.730. The van der Waals surface area contributed by atoms with Gasteiger partial charge in [0.15, 0.2) is 9.84 Å². The summed E-state index contributed by atoms with van der Waals surface area (Å²) in [5, 5.41) is 0. The summed E-state index contributed by atoms with van der Waals surface area (Å²) >= 11 is 0. The van der Waals surface area contributed by atoms with E-state index >= 15 is 0 Å². The largest absolute Gasteiger partial charge is 0.466 e. The predicted molar refractivity (Wildman–Crippen MR) is 64.3 cm³/mol. The Labute approximate surface area is 101 Å². The zero-order chi connectivity index (χ0) is 12.9. The molecule has 0 saturated heterocycles. The van der Waals surface area contributed by atoms with Crippen molar-refractivity contribution in [2.75, 3.05) is 12.9 Å². The van der Waals surface area contributed by atoms with E-state index in [0.717, 1.165) is 0 Å². The van der Waals surface area contributed by atoms with E-state index in [2.05, 4.69) is 4.74 Å². The fourth-order valence-electron chi connectivity index (χ4n) is 1.20. The molecule has 0 bridgehead atoms. The first-order chi connectivity index (χ1) is 7.97. The van der Waals surface area contributed by atoms with Crippen LogP contribution in [0.5, 0.6) is 0 Å². The van der Waals surface area contributed by atoms with Crippen LogP contribution in [0.4, 0.5) is 0 Å². The van der Waals surface area contributed by atoms with Crippen molar-refractivity contribution in [3.63, 3.8) is 0 Å². The van der Waals surface area contributed by atoms with Crippen LogP contribution in [0.3, 0.4) is 0 Å². The average Bonchev–Trinajstić information content (AvgIpc) is 2.36. The zero-order valence-electron chi connectivity index (χ0n) is 9.71. The number of benzene rings is 1. The number of sulfone groups is 1. The Hall–Kier alpha value is -1.62. The molecule has 5 heteroatoms. The first-order valence-corrected chi connectivity index (χ1v) is 6.65. The second kappa shape index (κ2) is 5.63. The number of hydrogen-bond acceptors (Lipinski definition) is 4. The third-order valence-corrected chi connectivity index (χ3v) is 3.81. The maximum Gasteiger partial charge on any atom is 0.333 e. The van der Waals surface area contributed by atoms with Crippen LogP contribution < -0.4 is 0 Å². The van der Waals surface area contributed by atoms with Crippen LogP contribution in [0.25, 0.3) is 0 Å². The van der Waals surface area contributed by atoms with Gasteiger partial charge >= 0.3 is 5.97 Å². The second-order valence-electron chi connectivity index (χ2n) is 3.47. The molecule has 0 amide bonds. The van der Waals surface area contributed by atoms with Gasteiger partial charge in [-0.15, -0.1) is 0 Å². The van der Waals surface area contributed by atoms with Gasteiger partial charge in [0.2, 0.25) is 0 Å². The van der Waals surface area contributed by atoms with Gasteiger partial charge in [-0.2, -0.15) is 0 Å². The van der Waals surface area contributed by atoms with E-state index in [1.165, 1.54) is 32.2 Å². The number of carbonyl (C=O) groups is 1. The monoisotopic (exact) mass is 254 g/mol. The molecule has 0 aliphatic rings.